The van der Waals surface area contributed by atoms with Crippen LogP contribution in [0.25, 0.3) is 0 Å². The summed E-state index contributed by atoms with van der Waals surface area (Å²) in [5, 5.41) is 9.61. The molecule has 0 atom stereocenters. The molecule has 1 aromatic heterocycles. The van der Waals surface area contributed by atoms with Crippen molar-refractivity contribution in [2.45, 2.75) is 26.5 Å². The molecule has 0 saturated carbocycles. The van der Waals surface area contributed by atoms with E-state index in [-0.39, 0.29) is 11.6 Å². The van der Waals surface area contributed by atoms with Gasteiger partial charge in [-0.25, -0.2) is 0 Å². The Labute approximate surface area is 101 Å². The molecule has 0 bridgehead atoms. The third kappa shape index (κ3) is 4.97. The van der Waals surface area contributed by atoms with Crippen molar-refractivity contribution in [1.82, 2.24) is 15.8 Å². The fourth-order valence-electron chi connectivity index (χ4n) is 1.26. The number of hydrogen-bond donors (Lipinski definition) is 2. The highest BCUT2D eigenvalue weighted by atomic mass is 16.5. The summed E-state index contributed by atoms with van der Waals surface area (Å²) in [5.41, 5.74) is 0.279. The fourth-order valence-corrected chi connectivity index (χ4v) is 1.26. The number of rotatable bonds is 7. The third-order valence-electron chi connectivity index (χ3n) is 2.04. The molecule has 17 heavy (non-hydrogen) atoms. The van der Waals surface area contributed by atoms with Crippen molar-refractivity contribution in [3.63, 3.8) is 0 Å². The normalized spacial score (nSPS) is 10.8. The quantitative estimate of drug-likeness (QED) is 0.682. The molecule has 0 radical (unpaired) electrons. The molecule has 6 nitrogen and oxygen atoms in total. The molecule has 0 saturated heterocycles. The van der Waals surface area contributed by atoms with E-state index in [9.17, 15) is 4.79 Å². The van der Waals surface area contributed by atoms with Gasteiger partial charge < -0.3 is 19.9 Å². The monoisotopic (exact) mass is 241 g/mol. The lowest BCUT2D eigenvalue weighted by Gasteiger charge is -2.07. The number of carbonyl (C=O) groups is 1. The third-order valence-corrected chi connectivity index (χ3v) is 2.04. The summed E-state index contributed by atoms with van der Waals surface area (Å²) in [6.45, 7) is 5.71. The maximum atomic E-state index is 11.6. The Kier molecular flexibility index (Phi) is 5.65. The predicted molar refractivity (Wildman–Crippen MR) is 62.7 cm³/mol. The summed E-state index contributed by atoms with van der Waals surface area (Å²) >= 11 is 0. The van der Waals surface area contributed by atoms with Crippen LogP contribution in [-0.4, -0.2) is 37.3 Å². The molecule has 1 heterocycles. The highest BCUT2D eigenvalue weighted by Crippen LogP contribution is 2.04. The molecule has 1 amide bonds. The molecule has 0 aliphatic heterocycles. The lowest BCUT2D eigenvalue weighted by molar-refractivity contribution is 0.0944. The molecule has 0 aliphatic carbocycles. The van der Waals surface area contributed by atoms with Crippen LogP contribution in [0.4, 0.5) is 0 Å². The van der Waals surface area contributed by atoms with E-state index >= 15 is 0 Å². The maximum Gasteiger partial charge on any atom is 0.273 e. The summed E-state index contributed by atoms with van der Waals surface area (Å²) in [6, 6.07) is 1.99. The van der Waals surface area contributed by atoms with Crippen molar-refractivity contribution in [1.29, 1.82) is 0 Å². The Morgan fingerprint density at radius 1 is 1.53 bits per heavy atom. The molecule has 0 spiro atoms. The minimum atomic E-state index is -0.235. The molecule has 0 aromatic carbocycles. The van der Waals surface area contributed by atoms with E-state index in [2.05, 4.69) is 29.6 Å². The Morgan fingerprint density at radius 3 is 2.94 bits per heavy atom. The van der Waals surface area contributed by atoms with E-state index in [4.69, 9.17) is 9.26 Å². The standard InChI is InChI=1S/C11H19N3O3/c1-8(2)12-4-5-13-11(15)10-6-9(7-16-3)17-14-10/h6,8,12H,4-5,7H2,1-3H3,(H,13,15). The summed E-state index contributed by atoms with van der Waals surface area (Å²) in [7, 11) is 1.56. The molecule has 96 valence electrons. The molecule has 0 fully saturated rings. The van der Waals surface area contributed by atoms with Crippen LogP contribution in [0.15, 0.2) is 10.6 Å². The Hall–Kier alpha value is -1.40. The van der Waals surface area contributed by atoms with Crippen LogP contribution in [0.2, 0.25) is 0 Å². The lowest BCUT2D eigenvalue weighted by atomic mass is 10.3. The zero-order valence-corrected chi connectivity index (χ0v) is 10.4. The smallest absolute Gasteiger partial charge is 0.273 e. The van der Waals surface area contributed by atoms with Gasteiger partial charge in [0.25, 0.3) is 5.91 Å². The number of nitrogens with one attached hydrogen (secondary N) is 2. The molecule has 1 aromatic rings. The largest absolute Gasteiger partial charge is 0.377 e. The van der Waals surface area contributed by atoms with Crippen LogP contribution < -0.4 is 10.6 Å². The van der Waals surface area contributed by atoms with Crippen molar-refractivity contribution in [3.8, 4) is 0 Å². The lowest BCUT2D eigenvalue weighted by Crippen LogP contribution is -2.34. The van der Waals surface area contributed by atoms with Crippen LogP contribution in [-0.2, 0) is 11.3 Å². The summed E-state index contributed by atoms with van der Waals surface area (Å²) in [6.07, 6.45) is 0. The minimum Gasteiger partial charge on any atom is -0.377 e. The number of nitrogens with zero attached hydrogens (tertiary/aromatic N) is 1. The second-order valence-electron chi connectivity index (χ2n) is 3.98. The minimum absolute atomic E-state index is 0.235. The number of ether oxygens (including phenoxy) is 1. The fraction of sp³-hybridized carbons (Fsp3) is 0.636. The van der Waals surface area contributed by atoms with Gasteiger partial charge in [0.15, 0.2) is 11.5 Å². The SMILES string of the molecule is COCc1cc(C(=O)NCCNC(C)C)no1. The van der Waals surface area contributed by atoms with Crippen LogP contribution in [0.1, 0.15) is 30.1 Å². The molecule has 0 unspecified atom stereocenters. The molecule has 6 heteroatoms. The van der Waals surface area contributed by atoms with Gasteiger partial charge in [-0.3, -0.25) is 4.79 Å². The predicted octanol–water partition coefficient (Wildman–Crippen LogP) is 0.549. The second-order valence-corrected chi connectivity index (χ2v) is 3.98. The number of aromatic nitrogens is 1. The zero-order valence-electron chi connectivity index (χ0n) is 10.4. The van der Waals surface area contributed by atoms with Gasteiger partial charge in [0.1, 0.15) is 6.61 Å². The summed E-state index contributed by atoms with van der Waals surface area (Å²) < 4.78 is 9.79. The average Bonchev–Trinajstić information content (AvgIpc) is 2.73. The van der Waals surface area contributed by atoms with Crippen molar-refractivity contribution in [2.24, 2.45) is 0 Å². The molecule has 2 N–H and O–H groups in total. The second kappa shape index (κ2) is 7.03. The van der Waals surface area contributed by atoms with Gasteiger partial charge >= 0.3 is 0 Å². The van der Waals surface area contributed by atoms with Gasteiger partial charge in [-0.05, 0) is 0 Å². The van der Waals surface area contributed by atoms with Gasteiger partial charge in [-0.1, -0.05) is 19.0 Å². The van der Waals surface area contributed by atoms with Crippen LogP contribution in [0.5, 0.6) is 0 Å². The number of amides is 1. The maximum absolute atomic E-state index is 11.6. The van der Waals surface area contributed by atoms with Gasteiger partial charge in [0.05, 0.1) is 0 Å². The molecule has 0 aliphatic rings. The van der Waals surface area contributed by atoms with Crippen molar-refractivity contribution >= 4 is 5.91 Å². The van der Waals surface area contributed by atoms with Gasteiger partial charge in [0.2, 0.25) is 0 Å². The highest BCUT2D eigenvalue weighted by molar-refractivity contribution is 5.92. The first-order chi connectivity index (χ1) is 8.13. The number of methoxy groups -OCH3 is 1. The van der Waals surface area contributed by atoms with E-state index in [1.54, 1.807) is 13.2 Å². The molecular weight excluding hydrogens is 222 g/mol. The van der Waals surface area contributed by atoms with E-state index in [1.165, 1.54) is 0 Å². The van der Waals surface area contributed by atoms with Gasteiger partial charge in [-0.15, -0.1) is 0 Å². The van der Waals surface area contributed by atoms with Crippen molar-refractivity contribution in [2.75, 3.05) is 20.2 Å². The van der Waals surface area contributed by atoms with E-state index in [0.717, 1.165) is 6.54 Å². The van der Waals surface area contributed by atoms with E-state index < -0.39 is 0 Å². The first-order valence-electron chi connectivity index (χ1n) is 5.59. The molecule has 1 rings (SSSR count). The summed E-state index contributed by atoms with van der Waals surface area (Å²) in [4.78, 5) is 11.6. The average molecular weight is 241 g/mol. The van der Waals surface area contributed by atoms with Crippen molar-refractivity contribution in [3.05, 3.63) is 17.5 Å². The van der Waals surface area contributed by atoms with E-state index in [0.29, 0.717) is 25.0 Å². The first kappa shape index (κ1) is 13.7. The van der Waals surface area contributed by atoms with Gasteiger partial charge in [-0.2, -0.15) is 0 Å². The molecular formula is C11H19N3O3. The Morgan fingerprint density at radius 2 is 2.29 bits per heavy atom. The van der Waals surface area contributed by atoms with Crippen molar-refractivity contribution < 1.29 is 14.1 Å². The Balaban J connectivity index is 2.31. The summed E-state index contributed by atoms with van der Waals surface area (Å²) in [5.74, 6) is 0.305. The van der Waals surface area contributed by atoms with Crippen LogP contribution >= 0.6 is 0 Å². The number of hydrogen-bond acceptors (Lipinski definition) is 5. The van der Waals surface area contributed by atoms with E-state index in [1.807, 2.05) is 0 Å². The van der Waals surface area contributed by atoms with Crippen LogP contribution in [0.3, 0.4) is 0 Å². The topological polar surface area (TPSA) is 76.4 Å². The first-order valence-corrected chi connectivity index (χ1v) is 5.59. The van der Waals surface area contributed by atoms with Crippen LogP contribution in [0, 0.1) is 0 Å². The number of carbonyl (C=O) groups excluding carboxylic acids is 1. The highest BCUT2D eigenvalue weighted by Gasteiger charge is 2.11. The Bertz CT molecular complexity index is 349. The van der Waals surface area contributed by atoms with Gasteiger partial charge in [0, 0.05) is 32.3 Å². The zero-order chi connectivity index (χ0) is 12.7.